The van der Waals surface area contributed by atoms with E-state index in [2.05, 4.69) is 41.7 Å². The summed E-state index contributed by atoms with van der Waals surface area (Å²) in [4.78, 5) is 4.11. The second-order valence-corrected chi connectivity index (χ2v) is 6.35. The predicted octanol–water partition coefficient (Wildman–Crippen LogP) is 5.21. The summed E-state index contributed by atoms with van der Waals surface area (Å²) < 4.78 is 32.5. The molecular weight excluding hydrogens is 328 g/mol. The van der Waals surface area contributed by atoms with E-state index in [0.717, 1.165) is 11.6 Å². The summed E-state index contributed by atoms with van der Waals surface area (Å²) in [5, 5.41) is 0. The fraction of sp³-hybridized carbons (Fsp3) is 0.267. The molecule has 0 unspecified atom stereocenters. The van der Waals surface area contributed by atoms with Crippen molar-refractivity contribution in [2.75, 3.05) is 0 Å². The van der Waals surface area contributed by atoms with Crippen LogP contribution in [-0.2, 0) is 5.41 Å². The molecule has 0 aliphatic carbocycles. The molecule has 0 radical (unpaired) electrons. The third-order valence-electron chi connectivity index (χ3n) is 2.78. The van der Waals surface area contributed by atoms with E-state index < -0.39 is 11.6 Å². The Morgan fingerprint density at radius 3 is 2.40 bits per heavy atom. The molecule has 0 spiro atoms. The number of hydrogen-bond donors (Lipinski definition) is 0. The summed E-state index contributed by atoms with van der Waals surface area (Å²) in [5.74, 6) is -1.99. The predicted molar refractivity (Wildman–Crippen MR) is 77.1 cm³/mol. The minimum absolute atomic E-state index is 0.0291. The second-order valence-electron chi connectivity index (χ2n) is 5.44. The zero-order chi connectivity index (χ0) is 14.9. The van der Waals surface area contributed by atoms with Gasteiger partial charge in [-0.1, -0.05) is 42.8 Å². The molecule has 2 nitrogen and oxygen atoms in total. The highest BCUT2D eigenvalue weighted by Crippen LogP contribution is 2.29. The van der Waals surface area contributed by atoms with Crippen LogP contribution in [0.25, 0.3) is 0 Å². The number of benzene rings is 1. The molecule has 0 saturated heterocycles. The first-order valence-electron chi connectivity index (χ1n) is 6.06. The molecule has 1 aromatic heterocycles. The Hall–Kier alpha value is -1.49. The van der Waals surface area contributed by atoms with E-state index in [9.17, 15) is 8.78 Å². The maximum absolute atomic E-state index is 13.6. The Morgan fingerprint density at radius 1 is 1.15 bits per heavy atom. The highest BCUT2D eigenvalue weighted by atomic mass is 79.9. The normalized spacial score (nSPS) is 11.5. The van der Waals surface area contributed by atoms with E-state index in [1.54, 1.807) is 12.3 Å². The van der Waals surface area contributed by atoms with Gasteiger partial charge in [0, 0.05) is 16.7 Å². The maximum atomic E-state index is 13.6. The Kier molecular flexibility index (Phi) is 4.09. The van der Waals surface area contributed by atoms with Gasteiger partial charge < -0.3 is 4.74 Å². The number of nitrogens with zero attached hydrogens (tertiary/aromatic N) is 1. The highest BCUT2D eigenvalue weighted by molar-refractivity contribution is 9.10. The van der Waals surface area contributed by atoms with E-state index in [1.807, 2.05) is 6.07 Å². The lowest BCUT2D eigenvalue weighted by Gasteiger charge is -2.18. The van der Waals surface area contributed by atoms with Crippen LogP contribution in [0.5, 0.6) is 11.6 Å². The van der Waals surface area contributed by atoms with Gasteiger partial charge in [-0.05, 0) is 23.1 Å². The van der Waals surface area contributed by atoms with Gasteiger partial charge in [-0.2, -0.15) is 4.39 Å². The number of ether oxygens (including phenoxy) is 1. The van der Waals surface area contributed by atoms with E-state index in [0.29, 0.717) is 4.47 Å². The van der Waals surface area contributed by atoms with Gasteiger partial charge in [0.2, 0.25) is 11.7 Å². The van der Waals surface area contributed by atoms with Crippen molar-refractivity contribution in [1.29, 1.82) is 0 Å². The molecule has 1 aromatic carbocycles. The molecule has 106 valence electrons. The van der Waals surface area contributed by atoms with Crippen molar-refractivity contribution in [1.82, 2.24) is 4.98 Å². The van der Waals surface area contributed by atoms with Gasteiger partial charge in [0.05, 0.1) is 0 Å². The van der Waals surface area contributed by atoms with Gasteiger partial charge in [0.25, 0.3) is 0 Å². The number of rotatable bonds is 2. The van der Waals surface area contributed by atoms with Crippen molar-refractivity contribution in [2.45, 2.75) is 26.2 Å². The molecule has 0 aliphatic heterocycles. The van der Waals surface area contributed by atoms with E-state index in [4.69, 9.17) is 4.74 Å². The molecular formula is C15H14BrF2NO. The molecule has 2 aromatic rings. The highest BCUT2D eigenvalue weighted by Gasteiger charge is 2.15. The summed E-state index contributed by atoms with van der Waals surface area (Å²) >= 11 is 3.09. The SMILES string of the molecule is CC(C)(C)c1ccc(Oc2cc(Br)cc(F)c2F)nc1. The summed E-state index contributed by atoms with van der Waals surface area (Å²) in [7, 11) is 0. The Morgan fingerprint density at radius 2 is 1.85 bits per heavy atom. The van der Waals surface area contributed by atoms with Crippen LogP contribution in [0.1, 0.15) is 26.3 Å². The van der Waals surface area contributed by atoms with E-state index in [-0.39, 0.29) is 17.0 Å². The Bertz CT molecular complexity index is 621. The van der Waals surface area contributed by atoms with Crippen molar-refractivity contribution in [3.63, 3.8) is 0 Å². The second kappa shape index (κ2) is 5.48. The van der Waals surface area contributed by atoms with E-state index in [1.165, 1.54) is 6.07 Å². The van der Waals surface area contributed by atoms with E-state index >= 15 is 0 Å². The number of halogens is 3. The summed E-state index contributed by atoms with van der Waals surface area (Å²) in [6, 6.07) is 5.89. The Labute approximate surface area is 124 Å². The lowest BCUT2D eigenvalue weighted by Crippen LogP contribution is -2.11. The lowest BCUT2D eigenvalue weighted by atomic mass is 9.88. The quantitative estimate of drug-likeness (QED) is 0.699. The monoisotopic (exact) mass is 341 g/mol. The largest absolute Gasteiger partial charge is 0.436 e. The van der Waals surface area contributed by atoms with Crippen molar-refractivity contribution >= 4 is 15.9 Å². The topological polar surface area (TPSA) is 22.1 Å². The lowest BCUT2D eigenvalue weighted by molar-refractivity contribution is 0.404. The van der Waals surface area contributed by atoms with Crippen LogP contribution in [0.3, 0.4) is 0 Å². The van der Waals surface area contributed by atoms with Gasteiger partial charge in [-0.15, -0.1) is 0 Å². The standard InChI is InChI=1S/C15H14BrF2NO/c1-15(2,3)9-4-5-13(19-8-9)20-12-7-10(16)6-11(17)14(12)18/h4-8H,1-3H3. The fourth-order valence-electron chi connectivity index (χ4n) is 1.60. The minimum Gasteiger partial charge on any atom is -0.436 e. The first kappa shape index (κ1) is 14.9. The zero-order valence-electron chi connectivity index (χ0n) is 11.4. The van der Waals surface area contributed by atoms with Crippen molar-refractivity contribution in [2.24, 2.45) is 0 Å². The van der Waals surface area contributed by atoms with Gasteiger partial charge in [-0.3, -0.25) is 0 Å². The van der Waals surface area contributed by atoms with Crippen molar-refractivity contribution in [3.05, 3.63) is 52.1 Å². The van der Waals surface area contributed by atoms with Crippen LogP contribution < -0.4 is 4.74 Å². The molecule has 0 fully saturated rings. The van der Waals surface area contributed by atoms with Crippen LogP contribution in [0, 0.1) is 11.6 Å². The molecule has 20 heavy (non-hydrogen) atoms. The van der Waals surface area contributed by atoms with Gasteiger partial charge in [0.15, 0.2) is 11.6 Å². The maximum Gasteiger partial charge on any atom is 0.219 e. The summed E-state index contributed by atoms with van der Waals surface area (Å²) in [5.41, 5.74) is 1.00. The number of aromatic nitrogens is 1. The fourth-order valence-corrected chi connectivity index (χ4v) is 2.01. The average Bonchev–Trinajstić information content (AvgIpc) is 2.35. The first-order chi connectivity index (χ1) is 9.27. The average molecular weight is 342 g/mol. The molecule has 0 saturated carbocycles. The third-order valence-corrected chi connectivity index (χ3v) is 3.23. The molecule has 0 atom stereocenters. The molecule has 0 bridgehead atoms. The molecule has 0 amide bonds. The van der Waals surface area contributed by atoms with Crippen LogP contribution in [0.4, 0.5) is 8.78 Å². The first-order valence-corrected chi connectivity index (χ1v) is 6.85. The van der Waals surface area contributed by atoms with Crippen LogP contribution in [-0.4, -0.2) is 4.98 Å². The smallest absolute Gasteiger partial charge is 0.219 e. The summed E-state index contributed by atoms with van der Waals surface area (Å²) in [6.07, 6.45) is 1.67. The van der Waals surface area contributed by atoms with Crippen LogP contribution >= 0.6 is 15.9 Å². The van der Waals surface area contributed by atoms with Crippen molar-refractivity contribution in [3.8, 4) is 11.6 Å². The zero-order valence-corrected chi connectivity index (χ0v) is 13.0. The Balaban J connectivity index is 2.27. The van der Waals surface area contributed by atoms with Gasteiger partial charge in [-0.25, -0.2) is 9.37 Å². The van der Waals surface area contributed by atoms with Crippen LogP contribution in [0.2, 0.25) is 0 Å². The number of pyridine rings is 1. The van der Waals surface area contributed by atoms with Crippen LogP contribution in [0.15, 0.2) is 34.9 Å². The van der Waals surface area contributed by atoms with Gasteiger partial charge in [0.1, 0.15) is 0 Å². The van der Waals surface area contributed by atoms with Crippen molar-refractivity contribution < 1.29 is 13.5 Å². The summed E-state index contributed by atoms with van der Waals surface area (Å²) in [6.45, 7) is 6.19. The third kappa shape index (κ3) is 3.33. The van der Waals surface area contributed by atoms with Gasteiger partial charge >= 0.3 is 0 Å². The molecule has 5 heteroatoms. The molecule has 0 aliphatic rings. The molecule has 2 rings (SSSR count). The molecule has 1 heterocycles. The number of hydrogen-bond acceptors (Lipinski definition) is 2. The minimum atomic E-state index is -1.03. The molecule has 0 N–H and O–H groups in total.